The Morgan fingerprint density at radius 1 is 1.41 bits per heavy atom. The van der Waals surface area contributed by atoms with Crippen LogP contribution in [0.5, 0.6) is 5.75 Å². The summed E-state index contributed by atoms with van der Waals surface area (Å²) in [7, 11) is 1.42. The van der Waals surface area contributed by atoms with Crippen LogP contribution in [0, 0.1) is 17.7 Å². The van der Waals surface area contributed by atoms with Gasteiger partial charge in [-0.25, -0.2) is 4.39 Å². The minimum atomic E-state index is -0.469. The van der Waals surface area contributed by atoms with Crippen molar-refractivity contribution in [3.8, 4) is 5.75 Å². The number of hydrogen-bond donors (Lipinski definition) is 0. The normalized spacial score (nSPS) is 23.7. The third-order valence-corrected chi connectivity index (χ3v) is 3.63. The molecular weight excluding hydrogens is 219 g/mol. The highest BCUT2D eigenvalue weighted by Crippen LogP contribution is 2.34. The molecule has 2 rings (SSSR count). The van der Waals surface area contributed by atoms with Crippen LogP contribution in [-0.4, -0.2) is 12.9 Å². The van der Waals surface area contributed by atoms with Crippen LogP contribution in [0.15, 0.2) is 18.2 Å². The largest absolute Gasteiger partial charge is 0.494 e. The zero-order chi connectivity index (χ0) is 12.4. The summed E-state index contributed by atoms with van der Waals surface area (Å²) in [6, 6.07) is 4.45. The number of Topliss-reactive ketones (excluding diaryl/α,β-unsaturated/α-hetero) is 1. The summed E-state index contributed by atoms with van der Waals surface area (Å²) >= 11 is 0. The second-order valence-electron chi connectivity index (χ2n) is 4.73. The monoisotopic (exact) mass is 236 g/mol. The summed E-state index contributed by atoms with van der Waals surface area (Å²) in [5, 5.41) is 0. The van der Waals surface area contributed by atoms with Gasteiger partial charge in [0.05, 0.1) is 7.11 Å². The molecule has 0 bridgehead atoms. The Hall–Kier alpha value is -1.38. The molecule has 2 nitrogen and oxygen atoms in total. The Bertz CT molecular complexity index is 428. The Morgan fingerprint density at radius 3 is 2.71 bits per heavy atom. The van der Waals surface area contributed by atoms with Crippen molar-refractivity contribution < 1.29 is 13.9 Å². The maximum Gasteiger partial charge on any atom is 0.166 e. The van der Waals surface area contributed by atoms with Crippen LogP contribution in [0.25, 0.3) is 0 Å². The van der Waals surface area contributed by atoms with Crippen LogP contribution >= 0.6 is 0 Å². The van der Waals surface area contributed by atoms with E-state index in [4.69, 9.17) is 4.74 Å². The van der Waals surface area contributed by atoms with Crippen molar-refractivity contribution in [3.63, 3.8) is 0 Å². The van der Waals surface area contributed by atoms with E-state index in [0.29, 0.717) is 11.5 Å². The zero-order valence-electron chi connectivity index (χ0n) is 10.2. The molecule has 0 saturated heterocycles. The lowest BCUT2D eigenvalue weighted by Crippen LogP contribution is -2.17. The van der Waals surface area contributed by atoms with E-state index >= 15 is 0 Å². The first kappa shape index (κ1) is 12.1. The summed E-state index contributed by atoms with van der Waals surface area (Å²) in [6.07, 6.45) is 3.11. The van der Waals surface area contributed by atoms with Crippen molar-refractivity contribution in [2.75, 3.05) is 7.11 Å². The Labute approximate surface area is 101 Å². The molecule has 1 aliphatic rings. The molecule has 0 heterocycles. The number of hydrogen-bond acceptors (Lipinski definition) is 2. The molecule has 1 aromatic rings. The molecule has 1 saturated carbocycles. The second-order valence-corrected chi connectivity index (χ2v) is 4.73. The molecule has 0 aliphatic heterocycles. The molecule has 17 heavy (non-hydrogen) atoms. The van der Waals surface area contributed by atoms with Gasteiger partial charge in [-0.1, -0.05) is 13.3 Å². The van der Waals surface area contributed by atoms with Gasteiger partial charge in [-0.2, -0.15) is 0 Å². The summed E-state index contributed by atoms with van der Waals surface area (Å²) in [5.41, 5.74) is 0.460. The van der Waals surface area contributed by atoms with Gasteiger partial charge in [0.15, 0.2) is 17.3 Å². The molecule has 0 aromatic heterocycles. The van der Waals surface area contributed by atoms with Gasteiger partial charge >= 0.3 is 0 Å². The predicted octanol–water partition coefficient (Wildman–Crippen LogP) is 3.45. The van der Waals surface area contributed by atoms with Gasteiger partial charge in [-0.15, -0.1) is 0 Å². The smallest absolute Gasteiger partial charge is 0.166 e. The SMILES string of the molecule is COc1ccc(C(=O)C2CCCC2C)cc1F. The molecule has 3 heteroatoms. The standard InChI is InChI=1S/C14H17FO2/c1-9-4-3-5-11(9)14(16)10-6-7-13(17-2)12(15)8-10/h6-9,11H,3-5H2,1-2H3. The topological polar surface area (TPSA) is 26.3 Å². The number of benzene rings is 1. The maximum absolute atomic E-state index is 13.5. The van der Waals surface area contributed by atoms with Crippen LogP contribution in [0.3, 0.4) is 0 Å². The van der Waals surface area contributed by atoms with Gasteiger partial charge in [0.25, 0.3) is 0 Å². The van der Waals surface area contributed by atoms with Crippen molar-refractivity contribution in [2.24, 2.45) is 11.8 Å². The van der Waals surface area contributed by atoms with Gasteiger partial charge in [0.1, 0.15) is 0 Å². The number of rotatable bonds is 3. The molecular formula is C14H17FO2. The van der Waals surface area contributed by atoms with E-state index in [1.165, 1.54) is 19.2 Å². The lowest BCUT2D eigenvalue weighted by molar-refractivity contribution is 0.0896. The molecule has 1 aromatic carbocycles. The van der Waals surface area contributed by atoms with E-state index in [0.717, 1.165) is 19.3 Å². The van der Waals surface area contributed by atoms with Crippen molar-refractivity contribution in [1.29, 1.82) is 0 Å². The van der Waals surface area contributed by atoms with Gasteiger partial charge in [0, 0.05) is 11.5 Å². The number of ether oxygens (including phenoxy) is 1. The summed E-state index contributed by atoms with van der Waals surface area (Å²) in [4.78, 5) is 12.2. The first-order valence-electron chi connectivity index (χ1n) is 6.01. The molecule has 0 radical (unpaired) electrons. The highest BCUT2D eigenvalue weighted by atomic mass is 19.1. The summed E-state index contributed by atoms with van der Waals surface area (Å²) < 4.78 is 18.4. The fourth-order valence-electron chi connectivity index (χ4n) is 2.57. The molecule has 1 fully saturated rings. The number of carbonyl (C=O) groups is 1. The third-order valence-electron chi connectivity index (χ3n) is 3.63. The van der Waals surface area contributed by atoms with Crippen LogP contribution in [0.2, 0.25) is 0 Å². The van der Waals surface area contributed by atoms with E-state index in [2.05, 4.69) is 6.92 Å². The average molecular weight is 236 g/mol. The lowest BCUT2D eigenvalue weighted by Gasteiger charge is -2.14. The van der Waals surface area contributed by atoms with E-state index < -0.39 is 5.82 Å². The van der Waals surface area contributed by atoms with E-state index in [-0.39, 0.29) is 17.5 Å². The van der Waals surface area contributed by atoms with Crippen LogP contribution in [0.4, 0.5) is 4.39 Å². The molecule has 1 aliphatic carbocycles. The van der Waals surface area contributed by atoms with E-state index in [9.17, 15) is 9.18 Å². The third kappa shape index (κ3) is 2.33. The Kier molecular flexibility index (Phi) is 3.46. The van der Waals surface area contributed by atoms with Gasteiger partial charge in [-0.05, 0) is 37.0 Å². The highest BCUT2D eigenvalue weighted by Gasteiger charge is 2.30. The zero-order valence-corrected chi connectivity index (χ0v) is 10.2. The molecule has 2 atom stereocenters. The van der Waals surface area contributed by atoms with Crippen LogP contribution in [-0.2, 0) is 0 Å². The molecule has 92 valence electrons. The van der Waals surface area contributed by atoms with Crippen molar-refractivity contribution in [1.82, 2.24) is 0 Å². The predicted molar refractivity (Wildman–Crippen MR) is 63.8 cm³/mol. The highest BCUT2D eigenvalue weighted by molar-refractivity contribution is 5.98. The van der Waals surface area contributed by atoms with Crippen molar-refractivity contribution >= 4 is 5.78 Å². The lowest BCUT2D eigenvalue weighted by atomic mass is 9.89. The Morgan fingerprint density at radius 2 is 2.18 bits per heavy atom. The van der Waals surface area contributed by atoms with Crippen LogP contribution < -0.4 is 4.74 Å². The van der Waals surface area contributed by atoms with Crippen LogP contribution in [0.1, 0.15) is 36.5 Å². The fraction of sp³-hybridized carbons (Fsp3) is 0.500. The quantitative estimate of drug-likeness (QED) is 0.751. The number of halogens is 1. The molecule has 0 spiro atoms. The van der Waals surface area contributed by atoms with E-state index in [1.807, 2.05) is 0 Å². The molecule has 0 N–H and O–H groups in total. The minimum absolute atomic E-state index is 0.0581. The fourth-order valence-corrected chi connectivity index (χ4v) is 2.57. The van der Waals surface area contributed by atoms with Gasteiger partial charge < -0.3 is 4.74 Å². The summed E-state index contributed by atoms with van der Waals surface area (Å²) in [5.74, 6) is 0.247. The number of methoxy groups -OCH3 is 1. The van der Waals surface area contributed by atoms with Gasteiger partial charge in [0.2, 0.25) is 0 Å². The first-order valence-corrected chi connectivity index (χ1v) is 6.01. The average Bonchev–Trinajstić information content (AvgIpc) is 2.74. The minimum Gasteiger partial charge on any atom is -0.494 e. The van der Waals surface area contributed by atoms with Gasteiger partial charge in [-0.3, -0.25) is 4.79 Å². The second kappa shape index (κ2) is 4.86. The maximum atomic E-state index is 13.5. The number of carbonyl (C=O) groups excluding carboxylic acids is 1. The first-order chi connectivity index (χ1) is 8.13. The van der Waals surface area contributed by atoms with E-state index in [1.54, 1.807) is 6.07 Å². The molecule has 0 amide bonds. The number of ketones is 1. The Balaban J connectivity index is 2.22. The summed E-state index contributed by atoms with van der Waals surface area (Å²) in [6.45, 7) is 2.09. The van der Waals surface area contributed by atoms with Crippen molar-refractivity contribution in [3.05, 3.63) is 29.6 Å². The molecule has 2 unspecified atom stereocenters. The van der Waals surface area contributed by atoms with Crippen molar-refractivity contribution in [2.45, 2.75) is 26.2 Å².